The Bertz CT molecular complexity index is 405. The van der Waals surface area contributed by atoms with Gasteiger partial charge in [-0.2, -0.15) is 0 Å². The summed E-state index contributed by atoms with van der Waals surface area (Å²) in [5.74, 6) is -0.453. The van der Waals surface area contributed by atoms with Gasteiger partial charge in [0.25, 0.3) is 0 Å². The number of halogens is 1. The zero-order chi connectivity index (χ0) is 12.8. The van der Waals surface area contributed by atoms with Gasteiger partial charge in [-0.3, -0.25) is 4.79 Å². The fourth-order valence-corrected chi connectivity index (χ4v) is 1.64. The Morgan fingerprint density at radius 1 is 1.47 bits per heavy atom. The molecular formula is C12H15FN2OS. The summed E-state index contributed by atoms with van der Waals surface area (Å²) in [5, 5.41) is 2.77. The number of nitrogens with one attached hydrogen (secondary N) is 1. The first-order valence-corrected chi connectivity index (χ1v) is 5.70. The Balaban J connectivity index is 2.44. The largest absolute Gasteiger partial charge is 0.393 e. The molecule has 1 aromatic carbocycles. The van der Waals surface area contributed by atoms with E-state index in [4.69, 9.17) is 5.73 Å². The van der Waals surface area contributed by atoms with Gasteiger partial charge in [0.15, 0.2) is 0 Å². The van der Waals surface area contributed by atoms with Crippen LogP contribution in [0.5, 0.6) is 0 Å². The molecule has 3 nitrogen and oxygen atoms in total. The third-order valence-electron chi connectivity index (χ3n) is 2.20. The van der Waals surface area contributed by atoms with Crippen LogP contribution in [-0.4, -0.2) is 16.9 Å². The minimum Gasteiger partial charge on any atom is -0.393 e. The molecule has 0 fully saturated rings. The van der Waals surface area contributed by atoms with Gasteiger partial charge in [-0.15, -0.1) is 0 Å². The molecule has 1 rings (SSSR count). The molecule has 3 N–H and O–H groups in total. The molecule has 0 heterocycles. The van der Waals surface area contributed by atoms with Gasteiger partial charge in [0.1, 0.15) is 5.82 Å². The molecule has 0 aliphatic heterocycles. The first-order valence-electron chi connectivity index (χ1n) is 5.29. The van der Waals surface area contributed by atoms with Crippen molar-refractivity contribution in [2.45, 2.75) is 25.8 Å². The molecule has 1 amide bonds. The summed E-state index contributed by atoms with van der Waals surface area (Å²) in [4.78, 5) is 11.5. The van der Waals surface area contributed by atoms with Gasteiger partial charge in [0.2, 0.25) is 5.91 Å². The monoisotopic (exact) mass is 254 g/mol. The predicted molar refractivity (Wildman–Crippen MR) is 69.1 cm³/mol. The predicted octanol–water partition coefficient (Wildman–Crippen LogP) is 1.55. The molecule has 0 radical (unpaired) electrons. The van der Waals surface area contributed by atoms with E-state index in [0.717, 1.165) is 5.56 Å². The summed E-state index contributed by atoms with van der Waals surface area (Å²) in [5.41, 5.74) is 6.23. The van der Waals surface area contributed by atoms with E-state index in [-0.39, 0.29) is 29.2 Å². The van der Waals surface area contributed by atoms with Crippen molar-refractivity contribution < 1.29 is 9.18 Å². The van der Waals surface area contributed by atoms with E-state index in [2.05, 4.69) is 17.5 Å². The SMILES string of the molecule is CC(Cc1ccc(F)cc1)NC(=O)CC(N)=S. The Labute approximate surface area is 105 Å². The number of amides is 1. The smallest absolute Gasteiger partial charge is 0.227 e. The first-order chi connectivity index (χ1) is 7.97. The number of benzene rings is 1. The molecule has 0 saturated heterocycles. The number of rotatable bonds is 5. The summed E-state index contributed by atoms with van der Waals surface area (Å²) in [7, 11) is 0. The van der Waals surface area contributed by atoms with Gasteiger partial charge in [0, 0.05) is 6.04 Å². The lowest BCUT2D eigenvalue weighted by molar-refractivity contribution is -0.120. The highest BCUT2D eigenvalue weighted by atomic mass is 32.1. The molecule has 1 aromatic rings. The van der Waals surface area contributed by atoms with Crippen molar-refractivity contribution in [1.29, 1.82) is 0 Å². The van der Waals surface area contributed by atoms with Crippen molar-refractivity contribution in [3.8, 4) is 0 Å². The summed E-state index contributed by atoms with van der Waals surface area (Å²) in [6.45, 7) is 1.88. The normalized spacial score (nSPS) is 11.9. The summed E-state index contributed by atoms with van der Waals surface area (Å²) < 4.78 is 12.7. The van der Waals surface area contributed by atoms with Crippen molar-refractivity contribution >= 4 is 23.1 Å². The van der Waals surface area contributed by atoms with Crippen LogP contribution in [0.3, 0.4) is 0 Å². The number of nitrogens with two attached hydrogens (primary N) is 1. The maximum atomic E-state index is 12.7. The average molecular weight is 254 g/mol. The van der Waals surface area contributed by atoms with Crippen LogP contribution in [0.1, 0.15) is 18.9 Å². The molecule has 0 bridgehead atoms. The molecule has 0 aromatic heterocycles. The van der Waals surface area contributed by atoms with Crippen LogP contribution in [-0.2, 0) is 11.2 Å². The number of carbonyl (C=O) groups is 1. The van der Waals surface area contributed by atoms with Crippen LogP contribution in [0.4, 0.5) is 4.39 Å². The number of carbonyl (C=O) groups excluding carboxylic acids is 1. The molecule has 92 valence electrons. The fourth-order valence-electron chi connectivity index (χ4n) is 1.51. The van der Waals surface area contributed by atoms with Crippen molar-refractivity contribution in [2.24, 2.45) is 5.73 Å². The van der Waals surface area contributed by atoms with Crippen molar-refractivity contribution in [3.63, 3.8) is 0 Å². The minimum atomic E-state index is -0.265. The highest BCUT2D eigenvalue weighted by Crippen LogP contribution is 2.05. The highest BCUT2D eigenvalue weighted by molar-refractivity contribution is 7.80. The molecule has 1 atom stereocenters. The molecule has 0 saturated carbocycles. The summed E-state index contributed by atoms with van der Waals surface area (Å²) in [6, 6.07) is 6.16. The van der Waals surface area contributed by atoms with E-state index in [1.54, 1.807) is 12.1 Å². The second-order valence-corrected chi connectivity index (χ2v) is 4.47. The van der Waals surface area contributed by atoms with Gasteiger partial charge in [-0.25, -0.2) is 4.39 Å². The standard InChI is InChI=1S/C12H15FN2OS/c1-8(15-12(16)7-11(14)17)6-9-2-4-10(13)5-3-9/h2-5,8H,6-7H2,1H3,(H2,14,17)(H,15,16). The lowest BCUT2D eigenvalue weighted by atomic mass is 10.1. The minimum absolute atomic E-state index is 0.0395. The summed E-state index contributed by atoms with van der Waals surface area (Å²) >= 11 is 4.64. The van der Waals surface area contributed by atoms with Crippen molar-refractivity contribution in [3.05, 3.63) is 35.6 Å². The van der Waals surface area contributed by atoms with E-state index in [1.165, 1.54) is 12.1 Å². The van der Waals surface area contributed by atoms with E-state index < -0.39 is 0 Å². The van der Waals surface area contributed by atoms with Crippen LogP contribution in [0, 0.1) is 5.82 Å². The lowest BCUT2D eigenvalue weighted by Crippen LogP contribution is -2.36. The lowest BCUT2D eigenvalue weighted by Gasteiger charge is -2.13. The first kappa shape index (κ1) is 13.6. The van der Waals surface area contributed by atoms with E-state index in [1.807, 2.05) is 6.92 Å². The third-order valence-corrected chi connectivity index (χ3v) is 2.34. The van der Waals surface area contributed by atoms with Crippen LogP contribution >= 0.6 is 12.2 Å². The summed E-state index contributed by atoms with van der Waals surface area (Å²) in [6.07, 6.45) is 0.701. The van der Waals surface area contributed by atoms with Crippen molar-refractivity contribution in [1.82, 2.24) is 5.32 Å². The van der Waals surface area contributed by atoms with Crippen LogP contribution in [0.2, 0.25) is 0 Å². The van der Waals surface area contributed by atoms with Gasteiger partial charge < -0.3 is 11.1 Å². The molecule has 5 heteroatoms. The highest BCUT2D eigenvalue weighted by Gasteiger charge is 2.08. The average Bonchev–Trinajstić information content (AvgIpc) is 2.19. The number of thiocarbonyl (C=S) groups is 1. The van der Waals surface area contributed by atoms with Crippen LogP contribution in [0.15, 0.2) is 24.3 Å². The van der Waals surface area contributed by atoms with Gasteiger partial charge in [-0.1, -0.05) is 24.4 Å². The molecule has 1 unspecified atom stereocenters. The Kier molecular flexibility index (Phi) is 5.03. The van der Waals surface area contributed by atoms with Crippen molar-refractivity contribution in [2.75, 3.05) is 0 Å². The molecule has 0 aliphatic rings. The molecule has 17 heavy (non-hydrogen) atoms. The van der Waals surface area contributed by atoms with Gasteiger partial charge in [-0.05, 0) is 31.0 Å². The Morgan fingerprint density at radius 3 is 2.59 bits per heavy atom. The number of hydrogen-bond acceptors (Lipinski definition) is 2. The quantitative estimate of drug-likeness (QED) is 0.784. The van der Waals surface area contributed by atoms with Crippen LogP contribution in [0.25, 0.3) is 0 Å². The van der Waals surface area contributed by atoms with E-state index in [9.17, 15) is 9.18 Å². The number of hydrogen-bond donors (Lipinski definition) is 2. The zero-order valence-corrected chi connectivity index (χ0v) is 10.4. The topological polar surface area (TPSA) is 55.1 Å². The van der Waals surface area contributed by atoms with Gasteiger partial charge in [0.05, 0.1) is 11.4 Å². The Hall–Kier alpha value is -1.49. The fraction of sp³-hybridized carbons (Fsp3) is 0.333. The van der Waals surface area contributed by atoms with Crippen LogP contribution < -0.4 is 11.1 Å². The second-order valence-electron chi connectivity index (χ2n) is 3.94. The van der Waals surface area contributed by atoms with E-state index in [0.29, 0.717) is 6.42 Å². The molecule has 0 aliphatic carbocycles. The maximum Gasteiger partial charge on any atom is 0.227 e. The second kappa shape index (κ2) is 6.30. The third kappa shape index (κ3) is 5.40. The zero-order valence-electron chi connectivity index (χ0n) is 9.57. The van der Waals surface area contributed by atoms with Gasteiger partial charge >= 0.3 is 0 Å². The molecule has 0 spiro atoms. The molecular weight excluding hydrogens is 239 g/mol. The maximum absolute atomic E-state index is 12.7. The Morgan fingerprint density at radius 2 is 2.06 bits per heavy atom. The van der Waals surface area contributed by atoms with E-state index >= 15 is 0 Å².